The molecule has 0 bridgehead atoms. The van der Waals surface area contributed by atoms with Gasteiger partial charge >= 0.3 is 0 Å². The molecule has 0 aliphatic carbocycles. The van der Waals surface area contributed by atoms with Crippen molar-refractivity contribution in [2.45, 2.75) is 32.9 Å². The summed E-state index contributed by atoms with van der Waals surface area (Å²) >= 11 is 1.77. The largest absolute Gasteiger partial charge is 0.309 e. The number of hydrogen-bond donors (Lipinski definition) is 1. The standard InChI is InChI=1S/C23H23NS/c1-18-8-10-20(11-9-18)12-13-22-14-15-23(25-22)17-24-19(2)16-21-6-4-3-5-7-21/h3-11,14-15,19,24H,16-17H2,1-2H3/t19-/m0/s1. The first kappa shape index (κ1) is 17.5. The van der Waals surface area contributed by atoms with E-state index in [-0.39, 0.29) is 0 Å². The summed E-state index contributed by atoms with van der Waals surface area (Å²) < 4.78 is 0. The number of nitrogens with one attached hydrogen (secondary N) is 1. The Labute approximate surface area is 154 Å². The molecule has 3 aromatic rings. The van der Waals surface area contributed by atoms with Gasteiger partial charge in [-0.25, -0.2) is 0 Å². The van der Waals surface area contributed by atoms with Crippen molar-refractivity contribution in [3.05, 3.63) is 93.2 Å². The van der Waals surface area contributed by atoms with Crippen molar-refractivity contribution in [2.24, 2.45) is 0 Å². The SMILES string of the molecule is Cc1ccc(C#Cc2ccc(CN[C@@H](C)Cc3ccccc3)s2)cc1. The van der Waals surface area contributed by atoms with E-state index in [4.69, 9.17) is 0 Å². The Morgan fingerprint density at radius 1 is 0.920 bits per heavy atom. The third kappa shape index (κ3) is 5.60. The van der Waals surface area contributed by atoms with E-state index in [9.17, 15) is 0 Å². The fourth-order valence-electron chi connectivity index (χ4n) is 2.63. The fraction of sp³-hybridized carbons (Fsp3) is 0.217. The van der Waals surface area contributed by atoms with Gasteiger partial charge in [0.1, 0.15) is 0 Å². The van der Waals surface area contributed by atoms with Gasteiger partial charge in [-0.3, -0.25) is 0 Å². The molecule has 0 radical (unpaired) electrons. The molecule has 0 aliphatic heterocycles. The van der Waals surface area contributed by atoms with Gasteiger partial charge in [0.2, 0.25) is 0 Å². The topological polar surface area (TPSA) is 12.0 Å². The Bertz CT molecular complexity index is 850. The average molecular weight is 346 g/mol. The van der Waals surface area contributed by atoms with E-state index >= 15 is 0 Å². The van der Waals surface area contributed by atoms with Gasteiger partial charge in [0, 0.05) is 23.0 Å². The third-order valence-corrected chi connectivity index (χ3v) is 5.05. The van der Waals surface area contributed by atoms with E-state index in [1.165, 1.54) is 16.0 Å². The van der Waals surface area contributed by atoms with Crippen molar-refractivity contribution in [3.8, 4) is 11.8 Å². The molecule has 2 heteroatoms. The molecular weight excluding hydrogens is 322 g/mol. The Balaban J connectivity index is 1.52. The molecule has 0 saturated carbocycles. The number of thiophene rings is 1. The second-order valence-electron chi connectivity index (χ2n) is 6.35. The van der Waals surface area contributed by atoms with Crippen molar-refractivity contribution in [1.82, 2.24) is 5.32 Å². The quantitative estimate of drug-likeness (QED) is 0.629. The van der Waals surface area contributed by atoms with Crippen LogP contribution in [-0.2, 0) is 13.0 Å². The monoisotopic (exact) mass is 345 g/mol. The van der Waals surface area contributed by atoms with Crippen LogP contribution in [-0.4, -0.2) is 6.04 Å². The van der Waals surface area contributed by atoms with Crippen LogP contribution in [0.15, 0.2) is 66.7 Å². The predicted molar refractivity (Wildman–Crippen MR) is 108 cm³/mol. The van der Waals surface area contributed by atoms with Gasteiger partial charge in [0.15, 0.2) is 0 Å². The Morgan fingerprint density at radius 3 is 2.44 bits per heavy atom. The van der Waals surface area contributed by atoms with Crippen LogP contribution in [0, 0.1) is 18.8 Å². The molecule has 2 aromatic carbocycles. The Morgan fingerprint density at radius 2 is 1.68 bits per heavy atom. The van der Waals surface area contributed by atoms with E-state index < -0.39 is 0 Å². The maximum Gasteiger partial charge on any atom is 0.0775 e. The molecular formula is C23H23NS. The summed E-state index contributed by atoms with van der Waals surface area (Å²) in [6.07, 6.45) is 1.05. The first-order chi connectivity index (χ1) is 12.2. The van der Waals surface area contributed by atoms with E-state index in [0.29, 0.717) is 6.04 Å². The molecule has 0 unspecified atom stereocenters. The van der Waals surface area contributed by atoms with Crippen LogP contribution < -0.4 is 5.32 Å². The molecule has 0 saturated heterocycles. The highest BCUT2D eigenvalue weighted by atomic mass is 32.1. The average Bonchev–Trinajstić information content (AvgIpc) is 3.08. The summed E-state index contributed by atoms with van der Waals surface area (Å²) in [7, 11) is 0. The maximum atomic E-state index is 3.60. The molecule has 126 valence electrons. The minimum atomic E-state index is 0.451. The third-order valence-electron chi connectivity index (χ3n) is 4.05. The summed E-state index contributed by atoms with van der Waals surface area (Å²) in [5.41, 5.74) is 3.70. The zero-order chi connectivity index (χ0) is 17.5. The number of hydrogen-bond acceptors (Lipinski definition) is 2. The summed E-state index contributed by atoms with van der Waals surface area (Å²) in [6, 6.07) is 23.7. The smallest absolute Gasteiger partial charge is 0.0775 e. The zero-order valence-electron chi connectivity index (χ0n) is 14.8. The van der Waals surface area contributed by atoms with Gasteiger partial charge in [-0.05, 0) is 50.1 Å². The molecule has 0 amide bonds. The minimum absolute atomic E-state index is 0.451. The molecule has 3 rings (SSSR count). The van der Waals surface area contributed by atoms with E-state index in [1.807, 2.05) is 0 Å². The Kier molecular flexibility index (Phi) is 6.06. The first-order valence-corrected chi connectivity index (χ1v) is 9.45. The van der Waals surface area contributed by atoms with Crippen molar-refractivity contribution in [2.75, 3.05) is 0 Å². The highest BCUT2D eigenvalue weighted by Gasteiger charge is 2.04. The van der Waals surface area contributed by atoms with Crippen molar-refractivity contribution >= 4 is 11.3 Å². The first-order valence-electron chi connectivity index (χ1n) is 8.64. The van der Waals surface area contributed by atoms with Gasteiger partial charge in [-0.1, -0.05) is 59.9 Å². The van der Waals surface area contributed by atoms with Crippen LogP contribution in [0.3, 0.4) is 0 Å². The lowest BCUT2D eigenvalue weighted by Crippen LogP contribution is -2.27. The second kappa shape index (κ2) is 8.67. The van der Waals surface area contributed by atoms with Crippen LogP contribution in [0.2, 0.25) is 0 Å². The summed E-state index contributed by atoms with van der Waals surface area (Å²) in [4.78, 5) is 2.45. The van der Waals surface area contributed by atoms with Gasteiger partial charge in [0.05, 0.1) is 4.88 Å². The summed E-state index contributed by atoms with van der Waals surface area (Å²) in [5, 5.41) is 3.60. The van der Waals surface area contributed by atoms with Crippen molar-refractivity contribution < 1.29 is 0 Å². The van der Waals surface area contributed by atoms with Crippen LogP contribution in [0.25, 0.3) is 0 Å². The normalized spacial score (nSPS) is 11.6. The van der Waals surface area contributed by atoms with E-state index in [1.54, 1.807) is 11.3 Å². The Hall–Kier alpha value is -2.34. The minimum Gasteiger partial charge on any atom is -0.309 e. The molecule has 25 heavy (non-hydrogen) atoms. The molecule has 1 nitrogen and oxygen atoms in total. The number of benzene rings is 2. The highest BCUT2D eigenvalue weighted by Crippen LogP contribution is 2.16. The summed E-state index contributed by atoms with van der Waals surface area (Å²) in [6.45, 7) is 5.22. The van der Waals surface area contributed by atoms with Crippen LogP contribution in [0.4, 0.5) is 0 Å². The summed E-state index contributed by atoms with van der Waals surface area (Å²) in [5.74, 6) is 6.51. The van der Waals surface area contributed by atoms with Crippen molar-refractivity contribution in [3.63, 3.8) is 0 Å². The second-order valence-corrected chi connectivity index (χ2v) is 7.52. The van der Waals surface area contributed by atoms with Crippen LogP contribution >= 0.6 is 11.3 Å². The van der Waals surface area contributed by atoms with E-state index in [2.05, 4.69) is 97.7 Å². The zero-order valence-corrected chi connectivity index (χ0v) is 15.6. The van der Waals surface area contributed by atoms with Crippen molar-refractivity contribution in [1.29, 1.82) is 0 Å². The number of aryl methyl sites for hydroxylation is 1. The lowest BCUT2D eigenvalue weighted by molar-refractivity contribution is 0.549. The predicted octanol–water partition coefficient (Wildman–Crippen LogP) is 5.18. The maximum absolute atomic E-state index is 3.60. The highest BCUT2D eigenvalue weighted by molar-refractivity contribution is 7.12. The van der Waals surface area contributed by atoms with Crippen LogP contribution in [0.5, 0.6) is 0 Å². The molecule has 1 heterocycles. The molecule has 1 aromatic heterocycles. The van der Waals surface area contributed by atoms with Crippen LogP contribution in [0.1, 0.15) is 33.4 Å². The molecule has 1 atom stereocenters. The van der Waals surface area contributed by atoms with Gasteiger partial charge in [-0.15, -0.1) is 11.3 Å². The van der Waals surface area contributed by atoms with Gasteiger partial charge in [0.25, 0.3) is 0 Å². The van der Waals surface area contributed by atoms with Gasteiger partial charge < -0.3 is 5.32 Å². The lowest BCUT2D eigenvalue weighted by atomic mass is 10.1. The molecule has 0 fully saturated rings. The molecule has 0 spiro atoms. The van der Waals surface area contributed by atoms with E-state index in [0.717, 1.165) is 23.4 Å². The fourth-order valence-corrected chi connectivity index (χ4v) is 3.44. The number of rotatable bonds is 5. The lowest BCUT2D eigenvalue weighted by Gasteiger charge is -2.13. The molecule has 1 N–H and O–H groups in total. The molecule has 0 aliphatic rings. The van der Waals surface area contributed by atoms with Gasteiger partial charge in [-0.2, -0.15) is 0 Å².